The Bertz CT molecular complexity index is 862. The second-order valence-electron chi connectivity index (χ2n) is 7.17. The highest BCUT2D eigenvalue weighted by atomic mass is 32.1. The minimum Gasteiger partial charge on any atom is -0.361 e. The topological polar surface area (TPSA) is 39.3 Å². The summed E-state index contributed by atoms with van der Waals surface area (Å²) in [6, 6.07) is 12.6. The van der Waals surface area contributed by atoms with E-state index in [0.29, 0.717) is 19.0 Å². The molecule has 4 rings (SSSR count). The van der Waals surface area contributed by atoms with Crippen molar-refractivity contribution in [3.05, 3.63) is 58.4 Å². The first-order valence-corrected chi connectivity index (χ1v) is 10.1. The van der Waals surface area contributed by atoms with Gasteiger partial charge in [-0.2, -0.15) is 0 Å². The SMILES string of the molecule is CN(Cc1cccs1)C(=O)CN1CCC(c2c[nH]c3ccccc23)CC1. The lowest BCUT2D eigenvalue weighted by Gasteiger charge is -2.32. The number of carbonyl (C=O) groups excluding carboxylic acids is 1. The summed E-state index contributed by atoms with van der Waals surface area (Å²) in [5, 5.41) is 3.40. The van der Waals surface area contributed by atoms with Gasteiger partial charge in [-0.3, -0.25) is 9.69 Å². The van der Waals surface area contributed by atoms with Gasteiger partial charge in [-0.15, -0.1) is 11.3 Å². The van der Waals surface area contributed by atoms with Crippen molar-refractivity contribution >= 4 is 28.1 Å². The Labute approximate surface area is 158 Å². The van der Waals surface area contributed by atoms with Crippen molar-refractivity contribution in [2.45, 2.75) is 25.3 Å². The lowest BCUT2D eigenvalue weighted by atomic mass is 9.89. The van der Waals surface area contributed by atoms with Gasteiger partial charge in [0.15, 0.2) is 0 Å². The fraction of sp³-hybridized carbons (Fsp3) is 0.381. The molecule has 1 aromatic carbocycles. The summed E-state index contributed by atoms with van der Waals surface area (Å²) in [4.78, 5) is 21.3. The monoisotopic (exact) mass is 367 g/mol. The van der Waals surface area contributed by atoms with Crippen LogP contribution in [0.25, 0.3) is 10.9 Å². The molecule has 0 unspecified atom stereocenters. The van der Waals surface area contributed by atoms with Crippen LogP contribution in [-0.2, 0) is 11.3 Å². The minimum atomic E-state index is 0.212. The third kappa shape index (κ3) is 3.69. The van der Waals surface area contributed by atoms with Gasteiger partial charge < -0.3 is 9.88 Å². The number of likely N-dealkylation sites (N-methyl/N-ethyl adjacent to an activating group) is 1. The molecule has 0 bridgehead atoms. The van der Waals surface area contributed by atoms with Crippen LogP contribution in [-0.4, -0.2) is 47.4 Å². The Morgan fingerprint density at radius 3 is 2.81 bits per heavy atom. The molecule has 5 heteroatoms. The number of piperidine rings is 1. The predicted molar refractivity (Wildman–Crippen MR) is 108 cm³/mol. The van der Waals surface area contributed by atoms with Crippen molar-refractivity contribution in [3.8, 4) is 0 Å². The number of para-hydroxylation sites is 1. The van der Waals surface area contributed by atoms with Gasteiger partial charge in [-0.05, 0) is 54.9 Å². The number of benzene rings is 1. The third-order valence-electron chi connectivity index (χ3n) is 5.41. The molecule has 1 aliphatic heterocycles. The van der Waals surface area contributed by atoms with Gasteiger partial charge >= 0.3 is 0 Å². The second kappa shape index (κ2) is 7.64. The van der Waals surface area contributed by atoms with Gasteiger partial charge in [-0.1, -0.05) is 24.3 Å². The van der Waals surface area contributed by atoms with Crippen molar-refractivity contribution in [2.75, 3.05) is 26.7 Å². The van der Waals surface area contributed by atoms with E-state index in [9.17, 15) is 4.79 Å². The first-order valence-electron chi connectivity index (χ1n) is 9.25. The molecule has 0 saturated carbocycles. The van der Waals surface area contributed by atoms with E-state index in [4.69, 9.17) is 0 Å². The molecule has 4 nitrogen and oxygen atoms in total. The zero-order valence-electron chi connectivity index (χ0n) is 15.1. The molecule has 0 radical (unpaired) electrons. The molecule has 136 valence electrons. The van der Waals surface area contributed by atoms with Crippen molar-refractivity contribution in [3.63, 3.8) is 0 Å². The van der Waals surface area contributed by atoms with Gasteiger partial charge in [0.1, 0.15) is 0 Å². The fourth-order valence-corrected chi connectivity index (χ4v) is 4.63. The first-order chi connectivity index (χ1) is 12.7. The molecule has 0 aliphatic carbocycles. The highest BCUT2D eigenvalue weighted by Gasteiger charge is 2.24. The maximum Gasteiger partial charge on any atom is 0.236 e. The summed E-state index contributed by atoms with van der Waals surface area (Å²) < 4.78 is 0. The summed E-state index contributed by atoms with van der Waals surface area (Å²) in [5.41, 5.74) is 2.65. The summed E-state index contributed by atoms with van der Waals surface area (Å²) in [7, 11) is 1.90. The molecule has 3 aromatic rings. The van der Waals surface area contributed by atoms with Crippen LogP contribution in [0.3, 0.4) is 0 Å². The van der Waals surface area contributed by atoms with Crippen molar-refractivity contribution < 1.29 is 4.79 Å². The zero-order chi connectivity index (χ0) is 17.9. The number of aromatic amines is 1. The molecular weight excluding hydrogens is 342 g/mol. The van der Waals surface area contributed by atoms with E-state index in [-0.39, 0.29) is 5.91 Å². The Morgan fingerprint density at radius 2 is 2.04 bits per heavy atom. The van der Waals surface area contributed by atoms with E-state index in [2.05, 4.69) is 51.8 Å². The van der Waals surface area contributed by atoms with Crippen LogP contribution >= 0.6 is 11.3 Å². The molecule has 1 saturated heterocycles. The summed E-state index contributed by atoms with van der Waals surface area (Å²) in [6.45, 7) is 3.22. The Hall–Kier alpha value is -2.11. The van der Waals surface area contributed by atoms with Crippen molar-refractivity contribution in [1.82, 2.24) is 14.8 Å². The first kappa shape index (κ1) is 17.3. The molecule has 1 N–H and O–H groups in total. The molecular formula is C21H25N3OS. The Morgan fingerprint density at radius 1 is 1.23 bits per heavy atom. The number of nitrogens with zero attached hydrogens (tertiary/aromatic N) is 2. The molecule has 1 fully saturated rings. The minimum absolute atomic E-state index is 0.212. The number of aromatic nitrogens is 1. The highest BCUT2D eigenvalue weighted by molar-refractivity contribution is 7.09. The Balaban J connectivity index is 1.31. The third-order valence-corrected chi connectivity index (χ3v) is 6.27. The maximum absolute atomic E-state index is 12.5. The van der Waals surface area contributed by atoms with Crippen LogP contribution in [0.4, 0.5) is 0 Å². The molecule has 1 aliphatic rings. The normalized spacial score (nSPS) is 16.2. The van der Waals surface area contributed by atoms with E-state index in [1.165, 1.54) is 21.3 Å². The fourth-order valence-electron chi connectivity index (χ4n) is 3.87. The predicted octanol–water partition coefficient (Wildman–Crippen LogP) is 4.07. The second-order valence-corrected chi connectivity index (χ2v) is 8.20. The number of amides is 1. The number of rotatable bonds is 5. The molecule has 3 heterocycles. The zero-order valence-corrected chi connectivity index (χ0v) is 16.0. The van der Waals surface area contributed by atoms with Crippen LogP contribution in [0.15, 0.2) is 48.0 Å². The average Bonchev–Trinajstić information content (AvgIpc) is 3.32. The quantitative estimate of drug-likeness (QED) is 0.738. The van der Waals surface area contributed by atoms with Crippen LogP contribution in [0.5, 0.6) is 0 Å². The highest BCUT2D eigenvalue weighted by Crippen LogP contribution is 2.33. The number of thiophene rings is 1. The van der Waals surface area contributed by atoms with Gasteiger partial charge in [0, 0.05) is 29.0 Å². The summed E-state index contributed by atoms with van der Waals surface area (Å²) in [6.07, 6.45) is 4.40. The van der Waals surface area contributed by atoms with Crippen LogP contribution in [0.2, 0.25) is 0 Å². The number of hydrogen-bond acceptors (Lipinski definition) is 3. The average molecular weight is 368 g/mol. The lowest BCUT2D eigenvalue weighted by Crippen LogP contribution is -2.41. The van der Waals surface area contributed by atoms with Crippen molar-refractivity contribution in [2.24, 2.45) is 0 Å². The summed E-state index contributed by atoms with van der Waals surface area (Å²) in [5.74, 6) is 0.797. The molecule has 2 aromatic heterocycles. The van der Waals surface area contributed by atoms with E-state index >= 15 is 0 Å². The maximum atomic E-state index is 12.5. The van der Waals surface area contributed by atoms with Gasteiger partial charge in [0.05, 0.1) is 13.1 Å². The van der Waals surface area contributed by atoms with E-state index in [1.54, 1.807) is 11.3 Å². The van der Waals surface area contributed by atoms with E-state index < -0.39 is 0 Å². The number of carbonyl (C=O) groups is 1. The largest absolute Gasteiger partial charge is 0.361 e. The smallest absolute Gasteiger partial charge is 0.236 e. The molecule has 26 heavy (non-hydrogen) atoms. The molecule has 1 amide bonds. The standard InChI is InChI=1S/C21H25N3OS/c1-23(14-17-5-4-12-26-17)21(25)15-24-10-8-16(9-11-24)19-13-22-20-7-3-2-6-18(19)20/h2-7,12-13,16,22H,8-11,14-15H2,1H3. The number of fused-ring (bicyclic) bond motifs is 1. The number of H-pyrrole nitrogens is 1. The van der Waals surface area contributed by atoms with E-state index in [1.807, 2.05) is 18.0 Å². The summed E-state index contributed by atoms with van der Waals surface area (Å²) >= 11 is 1.70. The number of hydrogen-bond donors (Lipinski definition) is 1. The van der Waals surface area contributed by atoms with Crippen molar-refractivity contribution in [1.29, 1.82) is 0 Å². The molecule has 0 atom stereocenters. The molecule has 0 spiro atoms. The number of nitrogens with one attached hydrogen (secondary N) is 1. The lowest BCUT2D eigenvalue weighted by molar-refractivity contribution is -0.131. The number of likely N-dealkylation sites (tertiary alicyclic amines) is 1. The van der Waals surface area contributed by atoms with Crippen LogP contribution in [0.1, 0.15) is 29.2 Å². The Kier molecular flexibility index (Phi) is 5.09. The van der Waals surface area contributed by atoms with Gasteiger partial charge in [0.2, 0.25) is 5.91 Å². The van der Waals surface area contributed by atoms with Gasteiger partial charge in [0.25, 0.3) is 0 Å². The van der Waals surface area contributed by atoms with Crippen LogP contribution < -0.4 is 0 Å². The van der Waals surface area contributed by atoms with Gasteiger partial charge in [-0.25, -0.2) is 0 Å². The van der Waals surface area contributed by atoms with Crippen LogP contribution in [0, 0.1) is 0 Å². The van der Waals surface area contributed by atoms with E-state index in [0.717, 1.165) is 25.9 Å².